The Morgan fingerprint density at radius 3 is 2.73 bits per heavy atom. The molecule has 6 nitrogen and oxygen atoms in total. The Morgan fingerprint density at radius 1 is 1.32 bits per heavy atom. The maximum Gasteiger partial charge on any atom is 0.251 e. The van der Waals surface area contributed by atoms with Crippen LogP contribution in [-0.2, 0) is 13.0 Å². The average Bonchev–Trinajstić information content (AvgIpc) is 3.03. The zero-order chi connectivity index (χ0) is 15.4. The number of rotatable bonds is 7. The summed E-state index contributed by atoms with van der Waals surface area (Å²) in [6.45, 7) is 2.64. The first-order valence-corrected chi connectivity index (χ1v) is 7.74. The lowest BCUT2D eigenvalue weighted by atomic mass is 9.98. The van der Waals surface area contributed by atoms with Gasteiger partial charge in [-0.25, -0.2) is 0 Å². The summed E-state index contributed by atoms with van der Waals surface area (Å²) in [4.78, 5) is 12.0. The smallest absolute Gasteiger partial charge is 0.251 e. The third kappa shape index (κ3) is 3.90. The van der Waals surface area contributed by atoms with Crippen molar-refractivity contribution in [3.8, 4) is 0 Å². The number of benzene rings is 1. The van der Waals surface area contributed by atoms with Gasteiger partial charge in [0.25, 0.3) is 5.91 Å². The van der Waals surface area contributed by atoms with Gasteiger partial charge in [0.1, 0.15) is 0 Å². The van der Waals surface area contributed by atoms with Gasteiger partial charge in [0, 0.05) is 5.56 Å². The number of aromatic amines is 1. The van der Waals surface area contributed by atoms with Crippen molar-refractivity contribution >= 4 is 5.91 Å². The quantitative estimate of drug-likeness (QED) is 0.821. The zero-order valence-corrected chi connectivity index (χ0v) is 12.8. The molecule has 0 unspecified atom stereocenters. The van der Waals surface area contributed by atoms with Crippen LogP contribution in [0.15, 0.2) is 24.3 Å². The molecule has 1 aliphatic rings. The zero-order valence-electron chi connectivity index (χ0n) is 12.8. The van der Waals surface area contributed by atoms with Crippen LogP contribution in [0.2, 0.25) is 0 Å². The second-order valence-electron chi connectivity index (χ2n) is 6.37. The van der Waals surface area contributed by atoms with Crippen molar-refractivity contribution in [3.05, 3.63) is 41.2 Å². The number of tetrazole rings is 1. The highest BCUT2D eigenvalue weighted by molar-refractivity contribution is 5.94. The second-order valence-corrected chi connectivity index (χ2v) is 6.37. The van der Waals surface area contributed by atoms with Crippen LogP contribution in [0.5, 0.6) is 0 Å². The van der Waals surface area contributed by atoms with Crippen molar-refractivity contribution in [1.82, 2.24) is 25.9 Å². The number of nitrogens with zero attached hydrogens (tertiary/aromatic N) is 3. The Labute approximate surface area is 129 Å². The van der Waals surface area contributed by atoms with E-state index >= 15 is 0 Å². The topological polar surface area (TPSA) is 83.6 Å². The molecular weight excluding hydrogens is 278 g/mol. The highest BCUT2D eigenvalue weighted by atomic mass is 16.1. The van der Waals surface area contributed by atoms with Crippen LogP contribution in [0.3, 0.4) is 0 Å². The molecule has 1 heterocycles. The maximum atomic E-state index is 12.0. The van der Waals surface area contributed by atoms with Crippen LogP contribution in [0.25, 0.3) is 0 Å². The van der Waals surface area contributed by atoms with Gasteiger partial charge in [-0.15, -0.1) is 10.2 Å². The number of carbonyl (C=O) groups is 1. The first-order valence-electron chi connectivity index (χ1n) is 7.74. The Bertz CT molecular complexity index is 616. The van der Waals surface area contributed by atoms with Crippen molar-refractivity contribution in [3.63, 3.8) is 0 Å². The monoisotopic (exact) mass is 299 g/mol. The van der Waals surface area contributed by atoms with E-state index in [4.69, 9.17) is 0 Å². The summed E-state index contributed by atoms with van der Waals surface area (Å²) in [7, 11) is 0. The number of aryl methyl sites for hydroxylation is 1. The Balaban J connectivity index is 1.46. The molecule has 1 amide bonds. The van der Waals surface area contributed by atoms with Crippen LogP contribution in [0.1, 0.15) is 54.4 Å². The van der Waals surface area contributed by atoms with Gasteiger partial charge in [0.2, 0.25) is 0 Å². The molecular formula is C16H21N5O. The van der Waals surface area contributed by atoms with Gasteiger partial charge < -0.3 is 5.32 Å². The minimum Gasteiger partial charge on any atom is -0.345 e. The van der Waals surface area contributed by atoms with Gasteiger partial charge in [-0.1, -0.05) is 24.3 Å². The SMILES string of the molecule is CC1(CCCc2ccc(C(=O)NCc3nn[nH]n3)cc2)CC1. The number of aromatic nitrogens is 4. The largest absolute Gasteiger partial charge is 0.345 e. The first kappa shape index (κ1) is 14.7. The summed E-state index contributed by atoms with van der Waals surface area (Å²) < 4.78 is 0. The van der Waals surface area contributed by atoms with Crippen molar-refractivity contribution in [2.24, 2.45) is 5.41 Å². The molecule has 1 aromatic carbocycles. The Hall–Kier alpha value is -2.24. The summed E-state index contributed by atoms with van der Waals surface area (Å²) in [6.07, 6.45) is 6.37. The second kappa shape index (κ2) is 6.25. The van der Waals surface area contributed by atoms with E-state index in [1.54, 1.807) is 0 Å². The van der Waals surface area contributed by atoms with Crippen molar-refractivity contribution in [1.29, 1.82) is 0 Å². The number of H-pyrrole nitrogens is 1. The number of hydrogen-bond donors (Lipinski definition) is 2. The summed E-state index contributed by atoms with van der Waals surface area (Å²) in [5, 5.41) is 16.2. The lowest BCUT2D eigenvalue weighted by Crippen LogP contribution is -2.23. The number of amides is 1. The summed E-state index contributed by atoms with van der Waals surface area (Å²) >= 11 is 0. The van der Waals surface area contributed by atoms with E-state index in [-0.39, 0.29) is 12.5 Å². The highest BCUT2D eigenvalue weighted by Gasteiger charge is 2.35. The molecule has 2 N–H and O–H groups in total. The summed E-state index contributed by atoms with van der Waals surface area (Å²) in [6, 6.07) is 7.83. The summed E-state index contributed by atoms with van der Waals surface area (Å²) in [5.41, 5.74) is 2.56. The predicted molar refractivity (Wildman–Crippen MR) is 82.1 cm³/mol. The van der Waals surface area contributed by atoms with Crippen LogP contribution in [-0.4, -0.2) is 26.5 Å². The summed E-state index contributed by atoms with van der Waals surface area (Å²) in [5.74, 6) is 0.348. The van der Waals surface area contributed by atoms with E-state index in [2.05, 4.69) is 32.9 Å². The minimum absolute atomic E-state index is 0.123. The van der Waals surface area contributed by atoms with E-state index in [1.165, 1.54) is 31.2 Å². The fraction of sp³-hybridized carbons (Fsp3) is 0.500. The molecule has 0 aliphatic heterocycles. The fourth-order valence-corrected chi connectivity index (χ4v) is 2.52. The molecule has 1 aliphatic carbocycles. The molecule has 1 saturated carbocycles. The number of nitrogens with one attached hydrogen (secondary N) is 2. The van der Waals surface area contributed by atoms with E-state index in [1.807, 2.05) is 24.3 Å². The van der Waals surface area contributed by atoms with E-state index < -0.39 is 0 Å². The molecule has 22 heavy (non-hydrogen) atoms. The highest BCUT2D eigenvalue weighted by Crippen LogP contribution is 2.49. The molecule has 0 spiro atoms. The van der Waals surface area contributed by atoms with Crippen LogP contribution >= 0.6 is 0 Å². The van der Waals surface area contributed by atoms with Crippen molar-refractivity contribution in [2.75, 3.05) is 0 Å². The average molecular weight is 299 g/mol. The lowest BCUT2D eigenvalue weighted by molar-refractivity contribution is 0.0950. The van der Waals surface area contributed by atoms with Gasteiger partial charge in [-0.3, -0.25) is 4.79 Å². The number of carbonyl (C=O) groups excluding carboxylic acids is 1. The molecule has 6 heteroatoms. The maximum absolute atomic E-state index is 12.0. The lowest BCUT2D eigenvalue weighted by Gasteiger charge is -2.08. The van der Waals surface area contributed by atoms with Crippen LogP contribution in [0, 0.1) is 5.41 Å². The molecule has 0 bridgehead atoms. The number of hydrogen-bond acceptors (Lipinski definition) is 4. The molecule has 0 atom stereocenters. The van der Waals surface area contributed by atoms with Crippen LogP contribution in [0.4, 0.5) is 0 Å². The molecule has 0 radical (unpaired) electrons. The predicted octanol–water partition coefficient (Wildman–Crippen LogP) is 2.25. The van der Waals surface area contributed by atoms with Crippen molar-refractivity contribution < 1.29 is 4.79 Å². The third-order valence-electron chi connectivity index (χ3n) is 4.36. The molecule has 116 valence electrons. The standard InChI is InChI=1S/C16H21N5O/c1-16(9-10-16)8-2-3-12-4-6-13(7-5-12)15(22)17-11-14-18-20-21-19-14/h4-7H,2-3,8-11H2,1H3,(H,17,22)(H,18,19,20,21). The molecule has 1 aromatic heterocycles. The van der Waals surface area contributed by atoms with Gasteiger partial charge >= 0.3 is 0 Å². The third-order valence-corrected chi connectivity index (χ3v) is 4.36. The van der Waals surface area contributed by atoms with E-state index in [9.17, 15) is 4.79 Å². The minimum atomic E-state index is -0.123. The van der Waals surface area contributed by atoms with Gasteiger partial charge in [0.05, 0.1) is 6.54 Å². The Morgan fingerprint density at radius 2 is 2.09 bits per heavy atom. The molecule has 3 rings (SSSR count). The van der Waals surface area contributed by atoms with E-state index in [0.29, 0.717) is 16.8 Å². The molecule has 2 aromatic rings. The van der Waals surface area contributed by atoms with E-state index in [0.717, 1.165) is 6.42 Å². The van der Waals surface area contributed by atoms with Gasteiger partial charge in [-0.2, -0.15) is 5.21 Å². The van der Waals surface area contributed by atoms with Gasteiger partial charge in [-0.05, 0) is 55.2 Å². The first-order chi connectivity index (χ1) is 10.6. The van der Waals surface area contributed by atoms with Crippen molar-refractivity contribution in [2.45, 2.75) is 45.6 Å². The van der Waals surface area contributed by atoms with Crippen LogP contribution < -0.4 is 5.32 Å². The molecule has 1 fully saturated rings. The fourth-order valence-electron chi connectivity index (χ4n) is 2.52. The molecule has 0 saturated heterocycles. The Kier molecular flexibility index (Phi) is 4.18. The van der Waals surface area contributed by atoms with Gasteiger partial charge in [0.15, 0.2) is 5.82 Å². The normalized spacial score (nSPS) is 15.5.